The molecule has 1 nitrogen and oxygen atoms in total. The van der Waals surface area contributed by atoms with Crippen molar-refractivity contribution in [2.45, 2.75) is 19.8 Å². The van der Waals surface area contributed by atoms with Gasteiger partial charge < -0.3 is 0 Å². The number of halogens is 1. The molecule has 0 saturated carbocycles. The second-order valence-electron chi connectivity index (χ2n) is 2.47. The summed E-state index contributed by atoms with van der Waals surface area (Å²) in [4.78, 5) is 3.55. The molecule has 60 valence electrons. The Morgan fingerprint density at radius 1 is 1.27 bits per heavy atom. The number of hydrogen-bond donors (Lipinski definition) is 0. The first-order valence-electron chi connectivity index (χ1n) is 3.74. The fourth-order valence-electron chi connectivity index (χ4n) is 0.996. The van der Waals surface area contributed by atoms with Crippen LogP contribution in [0, 0.1) is 0 Å². The van der Waals surface area contributed by atoms with Gasteiger partial charge in [-0.25, -0.2) is 0 Å². The van der Waals surface area contributed by atoms with Crippen LogP contribution >= 0.6 is 0 Å². The van der Waals surface area contributed by atoms with E-state index in [1.165, 1.54) is 5.56 Å². The maximum atomic E-state index is 11.5. The minimum absolute atomic E-state index is 0.268. The highest BCUT2D eigenvalue weighted by atomic mass is 19.3. The molecule has 0 aliphatic rings. The molecule has 0 unspecified atom stereocenters. The molecule has 1 rings (SSSR count). The molecule has 0 atom stereocenters. The van der Waals surface area contributed by atoms with Crippen LogP contribution in [0.25, 0.3) is 0 Å². The van der Waals surface area contributed by atoms with Gasteiger partial charge in [0.25, 0.3) is 0 Å². The van der Waals surface area contributed by atoms with Gasteiger partial charge in [-0.1, -0.05) is 25.5 Å². The molecule has 0 spiro atoms. The van der Waals surface area contributed by atoms with Gasteiger partial charge in [-0.2, -0.15) is 0 Å². The first-order valence-corrected chi connectivity index (χ1v) is 3.74. The van der Waals surface area contributed by atoms with Crippen molar-refractivity contribution >= 4 is 0 Å². The van der Waals surface area contributed by atoms with Crippen LogP contribution in [-0.4, -0.2) is 0 Å². The summed E-state index contributed by atoms with van der Waals surface area (Å²) >= 11 is 0. The fourth-order valence-corrected chi connectivity index (χ4v) is 0.996. The predicted molar refractivity (Wildman–Crippen MR) is 42.2 cm³/mol. The highest BCUT2D eigenvalue weighted by Gasteiger charge is 1.93. The summed E-state index contributed by atoms with van der Waals surface area (Å²) in [6.07, 6.45) is 2.14. The molecule has 0 amide bonds. The van der Waals surface area contributed by atoms with Crippen molar-refractivity contribution in [1.82, 2.24) is 0 Å². The van der Waals surface area contributed by atoms with Crippen molar-refractivity contribution in [2.75, 3.05) is 0 Å². The van der Waals surface area contributed by atoms with Gasteiger partial charge in [0, 0.05) is 4.53 Å². The Kier molecular flexibility index (Phi) is 2.90. The summed E-state index contributed by atoms with van der Waals surface area (Å²) in [5.74, 6) is 0.268. The molecule has 0 aliphatic carbocycles. The van der Waals surface area contributed by atoms with Gasteiger partial charge in [0.2, 0.25) is 0 Å². The zero-order valence-electron chi connectivity index (χ0n) is 6.51. The van der Waals surface area contributed by atoms with E-state index in [0.29, 0.717) is 0 Å². The second-order valence-corrected chi connectivity index (χ2v) is 2.47. The lowest BCUT2D eigenvalue weighted by molar-refractivity contribution is -0.00622. The van der Waals surface area contributed by atoms with Crippen molar-refractivity contribution < 1.29 is 9.47 Å². The average molecular weight is 154 g/mol. The SMILES string of the molecule is CCCc1ccc(OF)cc1. The van der Waals surface area contributed by atoms with Crippen molar-refractivity contribution in [2.24, 2.45) is 0 Å². The maximum Gasteiger partial charge on any atom is 0.171 e. The lowest BCUT2D eigenvalue weighted by atomic mass is 10.1. The van der Waals surface area contributed by atoms with Gasteiger partial charge >= 0.3 is 0 Å². The van der Waals surface area contributed by atoms with Crippen LogP contribution in [0.15, 0.2) is 24.3 Å². The number of aryl methyl sites for hydroxylation is 1. The number of rotatable bonds is 3. The average Bonchev–Trinajstić information content (AvgIpc) is 2.07. The van der Waals surface area contributed by atoms with Crippen molar-refractivity contribution in [3.8, 4) is 5.75 Å². The Hall–Kier alpha value is -1.05. The zero-order chi connectivity index (χ0) is 8.10. The molecule has 0 N–H and O–H groups in total. The number of hydrogen-bond acceptors (Lipinski definition) is 1. The summed E-state index contributed by atoms with van der Waals surface area (Å²) < 4.78 is 11.5. The van der Waals surface area contributed by atoms with E-state index in [4.69, 9.17) is 0 Å². The van der Waals surface area contributed by atoms with Crippen LogP contribution in [0.1, 0.15) is 18.9 Å². The zero-order valence-corrected chi connectivity index (χ0v) is 6.51. The minimum atomic E-state index is 0.268. The van der Waals surface area contributed by atoms with E-state index in [0.717, 1.165) is 12.8 Å². The molecule has 1 aromatic rings. The van der Waals surface area contributed by atoms with Crippen LogP contribution in [0.2, 0.25) is 0 Å². The van der Waals surface area contributed by atoms with Crippen LogP contribution in [-0.2, 0) is 6.42 Å². The topological polar surface area (TPSA) is 9.23 Å². The monoisotopic (exact) mass is 154 g/mol. The Labute approximate surface area is 65.7 Å². The standard InChI is InChI=1S/C9H11FO/c1-2-3-8-4-6-9(11-10)7-5-8/h4-7H,2-3H2,1H3. The normalized spacial score (nSPS) is 9.64. The summed E-state index contributed by atoms with van der Waals surface area (Å²) in [7, 11) is 0. The molecule has 0 aromatic heterocycles. The van der Waals surface area contributed by atoms with E-state index in [1.54, 1.807) is 12.1 Å². The largest absolute Gasteiger partial charge is 0.294 e. The van der Waals surface area contributed by atoms with Gasteiger partial charge in [0.05, 0.1) is 0 Å². The quantitative estimate of drug-likeness (QED) is 0.650. The second kappa shape index (κ2) is 3.96. The molecule has 0 bridgehead atoms. The minimum Gasteiger partial charge on any atom is -0.294 e. The first kappa shape index (κ1) is 8.05. The fraction of sp³-hybridized carbons (Fsp3) is 0.333. The van der Waals surface area contributed by atoms with E-state index in [2.05, 4.69) is 11.9 Å². The van der Waals surface area contributed by atoms with E-state index in [1.807, 2.05) is 12.1 Å². The molecule has 0 heterocycles. The molecule has 0 saturated heterocycles. The van der Waals surface area contributed by atoms with Crippen molar-refractivity contribution in [1.29, 1.82) is 0 Å². The molecule has 2 heteroatoms. The summed E-state index contributed by atoms with van der Waals surface area (Å²) in [6.45, 7) is 2.11. The molecule has 0 radical (unpaired) electrons. The highest BCUT2D eigenvalue weighted by molar-refractivity contribution is 5.26. The van der Waals surface area contributed by atoms with Crippen LogP contribution in [0.4, 0.5) is 4.53 Å². The summed E-state index contributed by atoms with van der Waals surface area (Å²) in [5, 5.41) is 0. The van der Waals surface area contributed by atoms with Gasteiger partial charge in [0.15, 0.2) is 5.75 Å². The Balaban J connectivity index is 2.66. The lowest BCUT2D eigenvalue weighted by Crippen LogP contribution is -1.82. The smallest absolute Gasteiger partial charge is 0.171 e. The molecule has 0 fully saturated rings. The van der Waals surface area contributed by atoms with E-state index in [-0.39, 0.29) is 5.75 Å². The van der Waals surface area contributed by atoms with Gasteiger partial charge in [0.1, 0.15) is 0 Å². The van der Waals surface area contributed by atoms with Gasteiger partial charge in [-0.05, 0) is 24.1 Å². The molecular weight excluding hydrogens is 143 g/mol. The molecule has 1 aromatic carbocycles. The van der Waals surface area contributed by atoms with Gasteiger partial charge in [-0.15, -0.1) is 0 Å². The lowest BCUT2D eigenvalue weighted by Gasteiger charge is -1.97. The van der Waals surface area contributed by atoms with Crippen LogP contribution in [0.3, 0.4) is 0 Å². The highest BCUT2D eigenvalue weighted by Crippen LogP contribution is 2.13. The maximum absolute atomic E-state index is 11.5. The van der Waals surface area contributed by atoms with Crippen LogP contribution < -0.4 is 4.94 Å². The van der Waals surface area contributed by atoms with E-state index in [9.17, 15) is 4.53 Å². The van der Waals surface area contributed by atoms with Crippen molar-refractivity contribution in [3.63, 3.8) is 0 Å². The predicted octanol–water partition coefficient (Wildman–Crippen LogP) is 2.90. The first-order chi connectivity index (χ1) is 5.36. The molecular formula is C9H11FO. The van der Waals surface area contributed by atoms with Crippen molar-refractivity contribution in [3.05, 3.63) is 29.8 Å². The molecule has 11 heavy (non-hydrogen) atoms. The Morgan fingerprint density at radius 2 is 1.91 bits per heavy atom. The summed E-state index contributed by atoms with van der Waals surface area (Å²) in [5.41, 5.74) is 1.22. The van der Waals surface area contributed by atoms with Gasteiger partial charge in [-0.3, -0.25) is 4.94 Å². The third-order valence-electron chi connectivity index (χ3n) is 1.55. The third-order valence-corrected chi connectivity index (χ3v) is 1.55. The van der Waals surface area contributed by atoms with E-state index < -0.39 is 0 Å². The Morgan fingerprint density at radius 3 is 2.36 bits per heavy atom. The summed E-state index contributed by atoms with van der Waals surface area (Å²) in [6, 6.07) is 7.01. The molecule has 0 aliphatic heterocycles. The third kappa shape index (κ3) is 2.22. The Bertz CT molecular complexity index is 205. The van der Waals surface area contributed by atoms with Crippen LogP contribution in [0.5, 0.6) is 5.75 Å². The number of benzene rings is 1. The van der Waals surface area contributed by atoms with E-state index >= 15 is 0 Å².